The molecular formula is C17H32O4S. The van der Waals surface area contributed by atoms with Crippen LogP contribution in [0.3, 0.4) is 0 Å². The van der Waals surface area contributed by atoms with E-state index in [1.807, 2.05) is 6.26 Å². The molecule has 0 aromatic heterocycles. The largest absolute Gasteiger partial charge is 0.383 e. The van der Waals surface area contributed by atoms with Gasteiger partial charge >= 0.3 is 0 Å². The second kappa shape index (κ2) is 9.68. The van der Waals surface area contributed by atoms with Crippen molar-refractivity contribution in [1.29, 1.82) is 0 Å². The molecular weight excluding hydrogens is 300 g/mol. The highest BCUT2D eigenvalue weighted by Gasteiger charge is 2.38. The summed E-state index contributed by atoms with van der Waals surface area (Å²) in [7, 11) is 0. The van der Waals surface area contributed by atoms with Gasteiger partial charge in [0.2, 0.25) is 0 Å². The second-order valence-corrected chi connectivity index (χ2v) is 7.69. The summed E-state index contributed by atoms with van der Waals surface area (Å²) in [5.41, 5.74) is -2.46. The number of hydrogen-bond acceptors (Lipinski definition) is 5. The second-order valence-electron chi connectivity index (χ2n) is 6.70. The first kappa shape index (κ1) is 21.6. The van der Waals surface area contributed by atoms with Crippen LogP contribution in [-0.4, -0.2) is 46.0 Å². The number of thioether (sulfide) groups is 1. The van der Waals surface area contributed by atoms with Crippen molar-refractivity contribution in [3.63, 3.8) is 0 Å². The number of ether oxygens (including phenoxy) is 1. The molecule has 0 heterocycles. The van der Waals surface area contributed by atoms with Crippen molar-refractivity contribution in [2.24, 2.45) is 0 Å². The van der Waals surface area contributed by atoms with Gasteiger partial charge in [0.05, 0.1) is 0 Å². The zero-order chi connectivity index (χ0) is 17.4. The molecule has 0 spiro atoms. The monoisotopic (exact) mass is 332 g/mol. The zero-order valence-electron chi connectivity index (χ0n) is 14.9. The Morgan fingerprint density at radius 1 is 1.18 bits per heavy atom. The minimum atomic E-state index is -1.45. The molecule has 1 atom stereocenters. The van der Waals surface area contributed by atoms with E-state index in [9.17, 15) is 14.7 Å². The summed E-state index contributed by atoms with van der Waals surface area (Å²) < 4.78 is 5.85. The van der Waals surface area contributed by atoms with E-state index >= 15 is 0 Å². The maximum Gasteiger partial charge on any atom is 0.192 e. The van der Waals surface area contributed by atoms with Crippen LogP contribution in [0, 0.1) is 0 Å². The summed E-state index contributed by atoms with van der Waals surface area (Å²) in [6, 6.07) is 0. The Morgan fingerprint density at radius 3 is 2.23 bits per heavy atom. The standard InChI is InChI=1S/C17H32O4S/c1-7-8-9-10-14(18)17(4,5)21-13(11-12-22-6)15(19)16(2,3)20/h13,20H,7-12H2,1-6H3. The molecule has 0 aromatic rings. The summed E-state index contributed by atoms with van der Waals surface area (Å²) in [6.07, 6.45) is 5.08. The van der Waals surface area contributed by atoms with Crippen LogP contribution in [-0.2, 0) is 14.3 Å². The third-order valence-electron chi connectivity index (χ3n) is 3.60. The number of unbranched alkanes of at least 4 members (excludes halogenated alkanes) is 2. The van der Waals surface area contributed by atoms with Crippen LogP contribution in [0.5, 0.6) is 0 Å². The van der Waals surface area contributed by atoms with Gasteiger partial charge in [-0.1, -0.05) is 19.8 Å². The van der Waals surface area contributed by atoms with E-state index < -0.39 is 17.3 Å². The van der Waals surface area contributed by atoms with Gasteiger partial charge in [-0.15, -0.1) is 0 Å². The Kier molecular flexibility index (Phi) is 9.51. The van der Waals surface area contributed by atoms with Gasteiger partial charge < -0.3 is 9.84 Å². The third kappa shape index (κ3) is 7.75. The predicted octanol–water partition coefficient (Wildman–Crippen LogP) is 3.39. The summed E-state index contributed by atoms with van der Waals surface area (Å²) in [5, 5.41) is 9.94. The van der Waals surface area contributed by atoms with Gasteiger partial charge in [0.15, 0.2) is 11.6 Å². The first-order valence-electron chi connectivity index (χ1n) is 8.03. The highest BCUT2D eigenvalue weighted by Crippen LogP contribution is 2.23. The molecule has 0 saturated heterocycles. The minimum Gasteiger partial charge on any atom is -0.383 e. The first-order valence-corrected chi connectivity index (χ1v) is 9.42. The predicted molar refractivity (Wildman–Crippen MR) is 92.4 cm³/mol. The van der Waals surface area contributed by atoms with Crippen LogP contribution in [0.2, 0.25) is 0 Å². The highest BCUT2D eigenvalue weighted by molar-refractivity contribution is 7.98. The van der Waals surface area contributed by atoms with Crippen LogP contribution in [0.1, 0.15) is 66.7 Å². The van der Waals surface area contributed by atoms with Crippen molar-refractivity contribution < 1.29 is 19.4 Å². The molecule has 4 nitrogen and oxygen atoms in total. The summed E-state index contributed by atoms with van der Waals surface area (Å²) in [5.74, 6) is 0.390. The molecule has 5 heteroatoms. The number of Topliss-reactive ketones (excluding diaryl/α,β-unsaturated/α-hetero) is 2. The average molecular weight is 333 g/mol. The molecule has 130 valence electrons. The maximum atomic E-state index is 12.3. The molecule has 0 amide bonds. The van der Waals surface area contributed by atoms with Crippen LogP contribution in [0.4, 0.5) is 0 Å². The van der Waals surface area contributed by atoms with Crippen LogP contribution >= 0.6 is 11.8 Å². The molecule has 0 fully saturated rings. The Bertz CT molecular complexity index is 358. The molecule has 0 saturated carbocycles. The molecule has 0 rings (SSSR count). The van der Waals surface area contributed by atoms with Crippen molar-refractivity contribution in [2.45, 2.75) is 84.0 Å². The molecule has 0 aliphatic rings. The Morgan fingerprint density at radius 2 is 1.77 bits per heavy atom. The number of carbonyl (C=O) groups excluding carboxylic acids is 2. The first-order chi connectivity index (χ1) is 10.1. The normalized spacial score (nSPS) is 14.0. The minimum absolute atomic E-state index is 0.0126. The number of rotatable bonds is 12. The maximum absolute atomic E-state index is 12.3. The third-order valence-corrected chi connectivity index (χ3v) is 4.24. The van der Waals surface area contributed by atoms with Crippen LogP contribution in [0.25, 0.3) is 0 Å². The van der Waals surface area contributed by atoms with Gasteiger partial charge in [0.25, 0.3) is 0 Å². The smallest absolute Gasteiger partial charge is 0.192 e. The lowest BCUT2D eigenvalue weighted by Gasteiger charge is -2.31. The average Bonchev–Trinajstić information content (AvgIpc) is 2.41. The molecule has 1 unspecified atom stereocenters. The Labute approximate surface area is 139 Å². The molecule has 0 radical (unpaired) electrons. The van der Waals surface area contributed by atoms with E-state index in [1.54, 1.807) is 25.6 Å². The lowest BCUT2D eigenvalue weighted by molar-refractivity contribution is -0.164. The van der Waals surface area contributed by atoms with Gasteiger partial charge in [-0.05, 0) is 52.5 Å². The number of ketones is 2. The number of aliphatic hydroxyl groups is 1. The molecule has 0 aromatic carbocycles. The van der Waals surface area contributed by atoms with Crippen molar-refractivity contribution >= 4 is 23.3 Å². The lowest BCUT2D eigenvalue weighted by atomic mass is 9.94. The van der Waals surface area contributed by atoms with Crippen LogP contribution in [0.15, 0.2) is 0 Å². The fourth-order valence-corrected chi connectivity index (χ4v) is 2.57. The lowest BCUT2D eigenvalue weighted by Crippen LogP contribution is -2.47. The van der Waals surface area contributed by atoms with Gasteiger partial charge in [-0.25, -0.2) is 0 Å². The summed E-state index contributed by atoms with van der Waals surface area (Å²) >= 11 is 1.61. The summed E-state index contributed by atoms with van der Waals surface area (Å²) in [4.78, 5) is 24.7. The highest BCUT2D eigenvalue weighted by atomic mass is 32.2. The van der Waals surface area contributed by atoms with Gasteiger partial charge in [0, 0.05) is 6.42 Å². The van der Waals surface area contributed by atoms with Crippen molar-refractivity contribution in [2.75, 3.05) is 12.0 Å². The number of hydrogen-bond donors (Lipinski definition) is 1. The molecule has 22 heavy (non-hydrogen) atoms. The van der Waals surface area contributed by atoms with Crippen LogP contribution < -0.4 is 0 Å². The van der Waals surface area contributed by atoms with E-state index in [-0.39, 0.29) is 11.6 Å². The van der Waals surface area contributed by atoms with E-state index in [0.29, 0.717) is 12.8 Å². The van der Waals surface area contributed by atoms with E-state index in [1.165, 1.54) is 13.8 Å². The van der Waals surface area contributed by atoms with Crippen molar-refractivity contribution in [3.8, 4) is 0 Å². The fraction of sp³-hybridized carbons (Fsp3) is 0.882. The van der Waals surface area contributed by atoms with E-state index in [4.69, 9.17) is 4.74 Å². The van der Waals surface area contributed by atoms with Gasteiger partial charge in [0.1, 0.15) is 17.3 Å². The molecule has 0 bridgehead atoms. The van der Waals surface area contributed by atoms with E-state index in [0.717, 1.165) is 25.0 Å². The molecule has 0 aliphatic carbocycles. The molecule has 1 N–H and O–H groups in total. The fourth-order valence-electron chi connectivity index (χ4n) is 2.12. The van der Waals surface area contributed by atoms with Gasteiger partial charge in [-0.2, -0.15) is 11.8 Å². The van der Waals surface area contributed by atoms with E-state index in [2.05, 4.69) is 6.92 Å². The quantitative estimate of drug-likeness (QED) is 0.555. The Balaban J connectivity index is 4.87. The summed E-state index contributed by atoms with van der Waals surface area (Å²) in [6.45, 7) is 8.43. The topological polar surface area (TPSA) is 63.6 Å². The van der Waals surface area contributed by atoms with Crippen molar-refractivity contribution in [1.82, 2.24) is 0 Å². The zero-order valence-corrected chi connectivity index (χ0v) is 15.7. The SMILES string of the molecule is CCCCCC(=O)C(C)(C)OC(CCSC)C(=O)C(C)(C)O. The van der Waals surface area contributed by atoms with Gasteiger partial charge in [-0.3, -0.25) is 9.59 Å². The van der Waals surface area contributed by atoms with Crippen molar-refractivity contribution in [3.05, 3.63) is 0 Å². The molecule has 0 aliphatic heterocycles. The number of carbonyl (C=O) groups is 2. The Hall–Kier alpha value is -0.390.